The highest BCUT2D eigenvalue weighted by Crippen LogP contribution is 2.27. The van der Waals surface area contributed by atoms with E-state index in [1.165, 1.54) is 25.1 Å². The van der Waals surface area contributed by atoms with Crippen molar-refractivity contribution in [1.29, 1.82) is 0 Å². The number of ether oxygens (including phenoxy) is 1. The molecule has 0 amide bonds. The number of aliphatic hydroxyl groups is 1. The van der Waals surface area contributed by atoms with Gasteiger partial charge in [0.25, 0.3) is 0 Å². The summed E-state index contributed by atoms with van der Waals surface area (Å²) in [6.07, 6.45) is 0.212. The van der Waals surface area contributed by atoms with Crippen molar-refractivity contribution < 1.29 is 24.9 Å². The zero-order valence-electron chi connectivity index (χ0n) is 9.80. The lowest BCUT2D eigenvalue weighted by Gasteiger charge is -2.23. The third kappa shape index (κ3) is 3.96. The third-order valence-corrected chi connectivity index (χ3v) is 2.19. The summed E-state index contributed by atoms with van der Waals surface area (Å²) >= 11 is 0. The molecule has 0 fully saturated rings. The van der Waals surface area contributed by atoms with E-state index in [4.69, 9.17) is 9.84 Å². The molecule has 1 atom stereocenters. The molecule has 5 nitrogen and oxygen atoms in total. The van der Waals surface area contributed by atoms with Crippen molar-refractivity contribution in [2.24, 2.45) is 0 Å². The molecule has 0 aliphatic heterocycles. The van der Waals surface area contributed by atoms with E-state index >= 15 is 0 Å². The van der Waals surface area contributed by atoms with Crippen molar-refractivity contribution in [3.05, 3.63) is 23.8 Å². The molecule has 0 saturated carbocycles. The zero-order valence-corrected chi connectivity index (χ0v) is 9.80. The Labute approximate surface area is 99.3 Å². The summed E-state index contributed by atoms with van der Waals surface area (Å²) < 4.78 is 4.83. The maximum absolute atomic E-state index is 11.1. The maximum atomic E-state index is 11.1. The minimum Gasteiger partial charge on any atom is -0.504 e. The molecule has 0 bridgehead atoms. The van der Waals surface area contributed by atoms with Crippen molar-refractivity contribution in [3.8, 4) is 11.5 Å². The van der Waals surface area contributed by atoms with E-state index in [1.54, 1.807) is 6.92 Å². The number of hydrogen-bond donors (Lipinski definition) is 3. The van der Waals surface area contributed by atoms with E-state index in [9.17, 15) is 15.0 Å². The van der Waals surface area contributed by atoms with Gasteiger partial charge in [0.15, 0.2) is 11.5 Å². The molecule has 1 unspecified atom stereocenters. The van der Waals surface area contributed by atoms with E-state index in [2.05, 4.69) is 0 Å². The summed E-state index contributed by atoms with van der Waals surface area (Å²) in [5.74, 6) is -2.65. The normalized spacial score (nSPS) is 14.1. The Morgan fingerprint density at radius 2 is 2.00 bits per heavy atom. The first-order chi connectivity index (χ1) is 7.84. The second-order valence-corrected chi connectivity index (χ2v) is 4.00. The van der Waals surface area contributed by atoms with Crippen LogP contribution < -0.4 is 0 Å². The van der Waals surface area contributed by atoms with Gasteiger partial charge < -0.3 is 20.1 Å². The average molecular weight is 240 g/mol. The van der Waals surface area contributed by atoms with Crippen LogP contribution in [0.3, 0.4) is 0 Å². The van der Waals surface area contributed by atoms with Crippen LogP contribution in [0.25, 0.3) is 0 Å². The van der Waals surface area contributed by atoms with Gasteiger partial charge in [-0.1, -0.05) is 13.0 Å². The fraction of sp³-hybridized carbons (Fsp3) is 0.417. The van der Waals surface area contributed by atoms with E-state index in [0.717, 1.165) is 0 Å². The molecule has 0 aromatic heterocycles. The molecule has 94 valence electrons. The Morgan fingerprint density at radius 1 is 1.35 bits per heavy atom. The van der Waals surface area contributed by atoms with Gasteiger partial charge in [-0.2, -0.15) is 0 Å². The van der Waals surface area contributed by atoms with Crippen molar-refractivity contribution in [3.63, 3.8) is 0 Å². The SMILES string of the molecule is CCC(=O)OC(C)(O)Cc1ccc(O)c(O)c1. The Balaban J connectivity index is 2.75. The topological polar surface area (TPSA) is 87.0 Å². The average Bonchev–Trinajstić information content (AvgIpc) is 2.22. The number of benzene rings is 1. The molecular formula is C12H16O5. The number of esters is 1. The second kappa shape index (κ2) is 5.05. The molecule has 1 aromatic carbocycles. The predicted molar refractivity (Wildman–Crippen MR) is 60.5 cm³/mol. The summed E-state index contributed by atoms with van der Waals surface area (Å²) in [7, 11) is 0. The maximum Gasteiger partial charge on any atom is 0.308 e. The summed E-state index contributed by atoms with van der Waals surface area (Å²) in [6.45, 7) is 3.00. The Kier molecular flexibility index (Phi) is 3.96. The lowest BCUT2D eigenvalue weighted by Crippen LogP contribution is -2.33. The molecule has 0 saturated heterocycles. The van der Waals surface area contributed by atoms with Gasteiger partial charge in [0.1, 0.15) is 0 Å². The first-order valence-electron chi connectivity index (χ1n) is 5.29. The standard InChI is InChI=1S/C12H16O5/c1-3-11(15)17-12(2,16)7-8-4-5-9(13)10(14)6-8/h4-6,13-14,16H,3,7H2,1-2H3. The summed E-state index contributed by atoms with van der Waals surface area (Å²) in [6, 6.07) is 4.15. The van der Waals surface area contributed by atoms with Crippen LogP contribution in [0, 0.1) is 0 Å². The lowest BCUT2D eigenvalue weighted by molar-refractivity contribution is -0.201. The van der Waals surface area contributed by atoms with Crippen LogP contribution in [0.1, 0.15) is 25.8 Å². The first kappa shape index (κ1) is 13.3. The number of aromatic hydroxyl groups is 2. The van der Waals surface area contributed by atoms with Crippen LogP contribution in [-0.4, -0.2) is 27.1 Å². The van der Waals surface area contributed by atoms with Gasteiger partial charge in [-0.05, 0) is 17.7 Å². The number of phenolic OH excluding ortho intramolecular Hbond substituents is 2. The Morgan fingerprint density at radius 3 is 2.53 bits per heavy atom. The third-order valence-electron chi connectivity index (χ3n) is 2.19. The van der Waals surface area contributed by atoms with Crippen LogP contribution in [0.15, 0.2) is 18.2 Å². The molecule has 0 aliphatic rings. The minimum atomic E-state index is -1.63. The van der Waals surface area contributed by atoms with Crippen molar-refractivity contribution >= 4 is 5.97 Å². The number of phenols is 2. The van der Waals surface area contributed by atoms with Gasteiger partial charge in [-0.25, -0.2) is 0 Å². The second-order valence-electron chi connectivity index (χ2n) is 4.00. The van der Waals surface area contributed by atoms with Crippen LogP contribution in [0.5, 0.6) is 11.5 Å². The molecule has 0 heterocycles. The Hall–Kier alpha value is -1.75. The fourth-order valence-electron chi connectivity index (χ4n) is 1.41. The van der Waals surface area contributed by atoms with E-state index < -0.39 is 11.8 Å². The molecule has 0 radical (unpaired) electrons. The van der Waals surface area contributed by atoms with Gasteiger partial charge in [0, 0.05) is 19.8 Å². The molecule has 17 heavy (non-hydrogen) atoms. The van der Waals surface area contributed by atoms with Crippen LogP contribution >= 0.6 is 0 Å². The largest absolute Gasteiger partial charge is 0.504 e. The number of carbonyl (C=O) groups is 1. The minimum absolute atomic E-state index is 0.0343. The summed E-state index contributed by atoms with van der Waals surface area (Å²) in [5.41, 5.74) is 0.550. The van der Waals surface area contributed by atoms with Gasteiger partial charge in [0.05, 0.1) is 0 Å². The van der Waals surface area contributed by atoms with Crippen LogP contribution in [-0.2, 0) is 16.0 Å². The number of rotatable bonds is 4. The van der Waals surface area contributed by atoms with Crippen LogP contribution in [0.2, 0.25) is 0 Å². The van der Waals surface area contributed by atoms with Gasteiger partial charge in [-0.15, -0.1) is 0 Å². The van der Waals surface area contributed by atoms with E-state index in [0.29, 0.717) is 5.56 Å². The number of carbonyl (C=O) groups excluding carboxylic acids is 1. The fourth-order valence-corrected chi connectivity index (χ4v) is 1.41. The van der Waals surface area contributed by atoms with Crippen LogP contribution in [0.4, 0.5) is 0 Å². The summed E-state index contributed by atoms with van der Waals surface area (Å²) in [4.78, 5) is 11.1. The van der Waals surface area contributed by atoms with Gasteiger partial charge in [0.2, 0.25) is 5.79 Å². The lowest BCUT2D eigenvalue weighted by atomic mass is 10.1. The van der Waals surface area contributed by atoms with Crippen molar-refractivity contribution in [2.75, 3.05) is 0 Å². The Bertz CT molecular complexity index is 411. The van der Waals surface area contributed by atoms with E-state index in [-0.39, 0.29) is 24.3 Å². The molecule has 5 heteroatoms. The zero-order chi connectivity index (χ0) is 13.1. The highest BCUT2D eigenvalue weighted by Gasteiger charge is 2.25. The quantitative estimate of drug-likeness (QED) is 0.419. The number of hydrogen-bond acceptors (Lipinski definition) is 5. The highest BCUT2D eigenvalue weighted by atomic mass is 16.7. The van der Waals surface area contributed by atoms with Gasteiger partial charge in [-0.3, -0.25) is 4.79 Å². The molecule has 0 aliphatic carbocycles. The van der Waals surface area contributed by atoms with Gasteiger partial charge >= 0.3 is 5.97 Å². The molecule has 1 aromatic rings. The smallest absolute Gasteiger partial charge is 0.308 e. The van der Waals surface area contributed by atoms with E-state index in [1.807, 2.05) is 0 Å². The van der Waals surface area contributed by atoms with Crippen molar-refractivity contribution in [2.45, 2.75) is 32.5 Å². The first-order valence-corrected chi connectivity index (χ1v) is 5.29. The monoisotopic (exact) mass is 240 g/mol. The summed E-state index contributed by atoms with van der Waals surface area (Å²) in [5, 5.41) is 28.3. The van der Waals surface area contributed by atoms with Crippen molar-refractivity contribution in [1.82, 2.24) is 0 Å². The highest BCUT2D eigenvalue weighted by molar-refractivity contribution is 5.69. The predicted octanol–water partition coefficient (Wildman–Crippen LogP) is 1.30. The molecular weight excluding hydrogens is 224 g/mol. The molecule has 3 N–H and O–H groups in total. The molecule has 0 spiro atoms. The molecule has 1 rings (SSSR count).